The third-order valence-electron chi connectivity index (χ3n) is 3.02. The van der Waals surface area contributed by atoms with Gasteiger partial charge >= 0.3 is 0 Å². The van der Waals surface area contributed by atoms with Crippen LogP contribution in [-0.2, 0) is 6.54 Å². The molecule has 0 spiro atoms. The second-order valence-electron chi connectivity index (χ2n) is 4.45. The molecule has 1 unspecified atom stereocenters. The standard InChI is InChI=1S/C15H16FNO2/c1-10(12-4-2-3-5-13(12)16)17-9-11-6-7-14(18)15(19)8-11/h2-8,10,17-19H,9H2,1H3. The van der Waals surface area contributed by atoms with E-state index >= 15 is 0 Å². The fourth-order valence-corrected chi connectivity index (χ4v) is 1.89. The van der Waals surface area contributed by atoms with Gasteiger partial charge in [-0.3, -0.25) is 0 Å². The van der Waals surface area contributed by atoms with E-state index in [2.05, 4.69) is 5.32 Å². The molecular formula is C15H16FNO2. The van der Waals surface area contributed by atoms with Crippen LogP contribution in [0.3, 0.4) is 0 Å². The third-order valence-corrected chi connectivity index (χ3v) is 3.02. The van der Waals surface area contributed by atoms with E-state index in [1.54, 1.807) is 24.3 Å². The Morgan fingerprint density at radius 3 is 2.53 bits per heavy atom. The number of phenols is 2. The molecule has 1 atom stereocenters. The van der Waals surface area contributed by atoms with Crippen molar-refractivity contribution in [3.05, 3.63) is 59.4 Å². The summed E-state index contributed by atoms with van der Waals surface area (Å²) < 4.78 is 13.6. The maximum atomic E-state index is 13.6. The molecule has 19 heavy (non-hydrogen) atoms. The van der Waals surface area contributed by atoms with E-state index in [1.165, 1.54) is 18.2 Å². The normalized spacial score (nSPS) is 12.3. The van der Waals surface area contributed by atoms with Crippen LogP contribution >= 0.6 is 0 Å². The van der Waals surface area contributed by atoms with Crippen LogP contribution in [-0.4, -0.2) is 10.2 Å². The van der Waals surface area contributed by atoms with Crippen LogP contribution in [0.1, 0.15) is 24.1 Å². The van der Waals surface area contributed by atoms with Crippen LogP contribution in [0.2, 0.25) is 0 Å². The van der Waals surface area contributed by atoms with Gasteiger partial charge in [-0.25, -0.2) is 4.39 Å². The summed E-state index contributed by atoms with van der Waals surface area (Å²) in [4.78, 5) is 0. The van der Waals surface area contributed by atoms with E-state index < -0.39 is 0 Å². The second-order valence-corrected chi connectivity index (χ2v) is 4.45. The highest BCUT2D eigenvalue weighted by Gasteiger charge is 2.09. The number of rotatable bonds is 4. The van der Waals surface area contributed by atoms with Gasteiger partial charge in [-0.1, -0.05) is 24.3 Å². The molecule has 0 fully saturated rings. The van der Waals surface area contributed by atoms with Gasteiger partial charge < -0.3 is 15.5 Å². The lowest BCUT2D eigenvalue weighted by atomic mass is 10.1. The van der Waals surface area contributed by atoms with Crippen molar-refractivity contribution in [1.29, 1.82) is 0 Å². The maximum absolute atomic E-state index is 13.6. The van der Waals surface area contributed by atoms with Gasteiger partial charge in [-0.2, -0.15) is 0 Å². The summed E-state index contributed by atoms with van der Waals surface area (Å²) >= 11 is 0. The van der Waals surface area contributed by atoms with Crippen LogP contribution < -0.4 is 5.32 Å². The molecular weight excluding hydrogens is 245 g/mol. The summed E-state index contributed by atoms with van der Waals surface area (Å²) in [5.74, 6) is -0.542. The van der Waals surface area contributed by atoms with Crippen molar-refractivity contribution in [2.45, 2.75) is 19.5 Å². The quantitative estimate of drug-likeness (QED) is 0.741. The Kier molecular flexibility index (Phi) is 4.02. The molecule has 0 heterocycles. The van der Waals surface area contributed by atoms with E-state index in [0.29, 0.717) is 12.1 Å². The molecule has 3 N–H and O–H groups in total. The van der Waals surface area contributed by atoms with E-state index in [0.717, 1.165) is 5.56 Å². The monoisotopic (exact) mass is 261 g/mol. The SMILES string of the molecule is CC(NCc1ccc(O)c(O)c1)c1ccccc1F. The summed E-state index contributed by atoms with van der Waals surface area (Å²) in [6, 6.07) is 11.1. The van der Waals surface area contributed by atoms with Gasteiger partial charge in [0.15, 0.2) is 11.5 Å². The third kappa shape index (κ3) is 3.23. The molecule has 2 rings (SSSR count). The summed E-state index contributed by atoms with van der Waals surface area (Å²) in [6.07, 6.45) is 0. The van der Waals surface area contributed by atoms with Gasteiger partial charge in [0.25, 0.3) is 0 Å². The zero-order valence-electron chi connectivity index (χ0n) is 10.6. The first-order valence-electron chi connectivity index (χ1n) is 6.06. The Balaban J connectivity index is 2.02. The molecule has 0 radical (unpaired) electrons. The molecule has 0 aliphatic heterocycles. The molecule has 0 bridgehead atoms. The molecule has 2 aromatic rings. The summed E-state index contributed by atoms with van der Waals surface area (Å²) in [5, 5.41) is 21.8. The van der Waals surface area contributed by atoms with Gasteiger partial charge in [0.1, 0.15) is 5.82 Å². The van der Waals surface area contributed by atoms with Crippen LogP contribution in [0.15, 0.2) is 42.5 Å². The van der Waals surface area contributed by atoms with Crippen molar-refractivity contribution in [2.24, 2.45) is 0 Å². The van der Waals surface area contributed by atoms with Crippen LogP contribution in [0, 0.1) is 5.82 Å². The summed E-state index contributed by atoms with van der Waals surface area (Å²) in [6.45, 7) is 2.35. The average Bonchev–Trinajstić information content (AvgIpc) is 2.40. The van der Waals surface area contributed by atoms with Gasteiger partial charge in [-0.05, 0) is 30.7 Å². The average molecular weight is 261 g/mol. The molecule has 0 saturated heterocycles. The molecule has 4 heteroatoms. The maximum Gasteiger partial charge on any atom is 0.157 e. The largest absolute Gasteiger partial charge is 0.504 e. The zero-order chi connectivity index (χ0) is 13.8. The number of benzene rings is 2. The molecule has 0 aromatic heterocycles. The highest BCUT2D eigenvalue weighted by atomic mass is 19.1. The Bertz CT molecular complexity index is 572. The molecule has 0 amide bonds. The molecule has 2 aromatic carbocycles. The first kappa shape index (κ1) is 13.4. The van der Waals surface area contributed by atoms with Gasteiger partial charge in [0, 0.05) is 18.2 Å². The summed E-state index contributed by atoms with van der Waals surface area (Å²) in [7, 11) is 0. The second kappa shape index (κ2) is 5.71. The van der Waals surface area contributed by atoms with E-state index in [9.17, 15) is 14.6 Å². The van der Waals surface area contributed by atoms with Gasteiger partial charge in [-0.15, -0.1) is 0 Å². The van der Waals surface area contributed by atoms with Crippen molar-refractivity contribution in [1.82, 2.24) is 5.32 Å². The van der Waals surface area contributed by atoms with Crippen LogP contribution in [0.4, 0.5) is 4.39 Å². The fraction of sp³-hybridized carbons (Fsp3) is 0.200. The Hall–Kier alpha value is -2.07. The minimum Gasteiger partial charge on any atom is -0.504 e. The minimum absolute atomic E-state index is 0.142. The van der Waals surface area contributed by atoms with Crippen molar-refractivity contribution in [2.75, 3.05) is 0 Å². The predicted molar refractivity (Wildman–Crippen MR) is 71.4 cm³/mol. The molecule has 0 saturated carbocycles. The van der Waals surface area contributed by atoms with Crippen molar-refractivity contribution in [3.63, 3.8) is 0 Å². The highest BCUT2D eigenvalue weighted by molar-refractivity contribution is 5.40. The van der Waals surface area contributed by atoms with Crippen LogP contribution in [0.25, 0.3) is 0 Å². The smallest absolute Gasteiger partial charge is 0.157 e. The predicted octanol–water partition coefficient (Wildman–Crippen LogP) is 3.09. The number of halogens is 1. The Morgan fingerprint density at radius 2 is 1.84 bits per heavy atom. The van der Waals surface area contributed by atoms with Crippen molar-refractivity contribution >= 4 is 0 Å². The van der Waals surface area contributed by atoms with Gasteiger partial charge in [0.2, 0.25) is 0 Å². The minimum atomic E-state index is -0.240. The number of aromatic hydroxyl groups is 2. The first-order chi connectivity index (χ1) is 9.08. The molecule has 100 valence electrons. The van der Waals surface area contributed by atoms with E-state index in [1.807, 2.05) is 6.92 Å². The fourth-order valence-electron chi connectivity index (χ4n) is 1.89. The number of phenolic OH excluding ortho intramolecular Hbond substituents is 2. The Morgan fingerprint density at radius 1 is 1.11 bits per heavy atom. The topological polar surface area (TPSA) is 52.5 Å². The number of hydrogen-bond acceptors (Lipinski definition) is 3. The molecule has 3 nitrogen and oxygen atoms in total. The lowest BCUT2D eigenvalue weighted by Gasteiger charge is -2.15. The number of hydrogen-bond donors (Lipinski definition) is 3. The van der Waals surface area contributed by atoms with Crippen LogP contribution in [0.5, 0.6) is 11.5 Å². The van der Waals surface area contributed by atoms with Crippen molar-refractivity contribution in [3.8, 4) is 11.5 Å². The van der Waals surface area contributed by atoms with Crippen molar-refractivity contribution < 1.29 is 14.6 Å². The lowest BCUT2D eigenvalue weighted by Crippen LogP contribution is -2.19. The highest BCUT2D eigenvalue weighted by Crippen LogP contribution is 2.25. The van der Waals surface area contributed by atoms with E-state index in [-0.39, 0.29) is 23.4 Å². The summed E-state index contributed by atoms with van der Waals surface area (Å²) in [5.41, 5.74) is 1.42. The Labute approximate surface area is 111 Å². The van der Waals surface area contributed by atoms with Gasteiger partial charge in [0.05, 0.1) is 0 Å². The lowest BCUT2D eigenvalue weighted by molar-refractivity contribution is 0.402. The molecule has 0 aliphatic carbocycles. The molecule has 0 aliphatic rings. The zero-order valence-corrected chi connectivity index (χ0v) is 10.6. The first-order valence-corrected chi connectivity index (χ1v) is 6.06. The number of nitrogens with one attached hydrogen (secondary N) is 1. The van der Waals surface area contributed by atoms with E-state index in [4.69, 9.17) is 0 Å².